The summed E-state index contributed by atoms with van der Waals surface area (Å²) in [7, 11) is 0. The highest BCUT2D eigenvalue weighted by molar-refractivity contribution is 5.91. The Balaban J connectivity index is 2.74. The highest BCUT2D eigenvalue weighted by atomic mass is 16.6. The highest BCUT2D eigenvalue weighted by Crippen LogP contribution is 2.22. The predicted octanol–water partition coefficient (Wildman–Crippen LogP) is 2.00. The zero-order valence-electron chi connectivity index (χ0n) is 10.3. The molecule has 0 bridgehead atoms. The summed E-state index contributed by atoms with van der Waals surface area (Å²) >= 11 is 0. The van der Waals surface area contributed by atoms with Crippen molar-refractivity contribution >= 4 is 17.3 Å². The Morgan fingerprint density at radius 3 is 2.78 bits per heavy atom. The average molecular weight is 252 g/mol. The van der Waals surface area contributed by atoms with E-state index in [0.717, 1.165) is 5.56 Å². The number of nitro groups is 1. The van der Waals surface area contributed by atoms with Crippen LogP contribution in [0, 0.1) is 17.0 Å². The molecule has 1 unspecified atom stereocenters. The molecule has 6 heteroatoms. The Kier molecular flexibility index (Phi) is 4.79. The van der Waals surface area contributed by atoms with Crippen molar-refractivity contribution in [3.05, 3.63) is 33.9 Å². The predicted molar refractivity (Wildman–Crippen MR) is 67.4 cm³/mol. The number of nitrogens with zero attached hydrogens (tertiary/aromatic N) is 1. The average Bonchev–Trinajstić information content (AvgIpc) is 2.29. The van der Waals surface area contributed by atoms with E-state index < -0.39 is 11.0 Å². The van der Waals surface area contributed by atoms with Gasteiger partial charge in [0.15, 0.2) is 0 Å². The summed E-state index contributed by atoms with van der Waals surface area (Å²) in [6, 6.07) is 4.30. The lowest BCUT2D eigenvalue weighted by Crippen LogP contribution is -2.14. The zero-order chi connectivity index (χ0) is 13.7. The largest absolute Gasteiger partial charge is 0.393 e. The lowest BCUT2D eigenvalue weighted by atomic mass is 10.1. The zero-order valence-corrected chi connectivity index (χ0v) is 10.3. The van der Waals surface area contributed by atoms with E-state index in [0.29, 0.717) is 12.1 Å². The maximum Gasteiger partial charge on any atom is 0.271 e. The molecule has 1 rings (SSSR count). The SMILES string of the molecule is Cc1ccc([N+](=O)[O-])cc1NC(=O)CCC(C)O. The van der Waals surface area contributed by atoms with Gasteiger partial charge in [-0.2, -0.15) is 0 Å². The number of nitro benzene ring substituents is 1. The van der Waals surface area contributed by atoms with E-state index >= 15 is 0 Å². The monoisotopic (exact) mass is 252 g/mol. The van der Waals surface area contributed by atoms with Crippen molar-refractivity contribution in [3.63, 3.8) is 0 Å². The van der Waals surface area contributed by atoms with Crippen molar-refractivity contribution in [1.82, 2.24) is 0 Å². The van der Waals surface area contributed by atoms with Gasteiger partial charge in [-0.05, 0) is 25.8 Å². The molecule has 1 aromatic rings. The van der Waals surface area contributed by atoms with Crippen LogP contribution in [0.2, 0.25) is 0 Å². The van der Waals surface area contributed by atoms with Crippen molar-refractivity contribution in [2.24, 2.45) is 0 Å². The van der Waals surface area contributed by atoms with E-state index in [1.54, 1.807) is 19.9 Å². The van der Waals surface area contributed by atoms with Crippen LogP contribution in [0.1, 0.15) is 25.3 Å². The molecule has 0 aliphatic heterocycles. The lowest BCUT2D eigenvalue weighted by Gasteiger charge is -2.08. The molecule has 1 amide bonds. The molecule has 2 N–H and O–H groups in total. The van der Waals surface area contributed by atoms with E-state index in [-0.39, 0.29) is 18.0 Å². The number of nitrogens with one attached hydrogen (secondary N) is 1. The number of non-ortho nitro benzene ring substituents is 1. The molecule has 18 heavy (non-hydrogen) atoms. The Labute approximate surface area is 105 Å². The maximum absolute atomic E-state index is 11.6. The van der Waals surface area contributed by atoms with Crippen molar-refractivity contribution in [1.29, 1.82) is 0 Å². The number of amides is 1. The number of aliphatic hydroxyl groups is 1. The van der Waals surface area contributed by atoms with Gasteiger partial charge in [0.1, 0.15) is 0 Å². The van der Waals surface area contributed by atoms with E-state index in [9.17, 15) is 14.9 Å². The van der Waals surface area contributed by atoms with Crippen LogP contribution in [0.3, 0.4) is 0 Å². The third-order valence-corrected chi connectivity index (χ3v) is 2.50. The number of carbonyl (C=O) groups excluding carboxylic acids is 1. The van der Waals surface area contributed by atoms with Gasteiger partial charge in [0.25, 0.3) is 5.69 Å². The molecule has 0 aliphatic carbocycles. The van der Waals surface area contributed by atoms with Gasteiger partial charge in [-0.25, -0.2) is 0 Å². The van der Waals surface area contributed by atoms with Crippen LogP contribution in [0.25, 0.3) is 0 Å². The third-order valence-electron chi connectivity index (χ3n) is 2.50. The second-order valence-corrected chi connectivity index (χ2v) is 4.19. The Morgan fingerprint density at radius 2 is 2.22 bits per heavy atom. The first-order valence-electron chi connectivity index (χ1n) is 5.63. The van der Waals surface area contributed by atoms with Gasteiger partial charge >= 0.3 is 0 Å². The minimum Gasteiger partial charge on any atom is -0.393 e. The summed E-state index contributed by atoms with van der Waals surface area (Å²) in [5.74, 6) is -0.264. The Bertz CT molecular complexity index is 457. The van der Waals surface area contributed by atoms with Crippen LogP contribution in [0.4, 0.5) is 11.4 Å². The fourth-order valence-electron chi connectivity index (χ4n) is 1.41. The van der Waals surface area contributed by atoms with E-state index in [1.165, 1.54) is 12.1 Å². The van der Waals surface area contributed by atoms with Gasteiger partial charge in [0.05, 0.1) is 16.7 Å². The minimum atomic E-state index is -0.540. The number of aryl methyl sites for hydroxylation is 1. The van der Waals surface area contributed by atoms with Crippen LogP contribution in [0.15, 0.2) is 18.2 Å². The molecule has 1 atom stereocenters. The third kappa shape index (κ3) is 4.14. The maximum atomic E-state index is 11.6. The Morgan fingerprint density at radius 1 is 1.56 bits per heavy atom. The molecule has 0 saturated carbocycles. The summed E-state index contributed by atoms with van der Waals surface area (Å²) in [6.07, 6.45) is 0.00142. The quantitative estimate of drug-likeness (QED) is 0.619. The fourth-order valence-corrected chi connectivity index (χ4v) is 1.41. The van der Waals surface area contributed by atoms with E-state index in [4.69, 9.17) is 5.11 Å². The molecule has 0 aliphatic rings. The topological polar surface area (TPSA) is 92.5 Å². The summed E-state index contributed by atoms with van der Waals surface area (Å²) in [4.78, 5) is 21.7. The standard InChI is InChI=1S/C12H16N2O4/c1-8-3-5-10(14(17)18)7-11(8)13-12(16)6-4-9(2)15/h3,5,7,9,15H,4,6H2,1-2H3,(H,13,16). The van der Waals surface area contributed by atoms with Crippen molar-refractivity contribution in [2.45, 2.75) is 32.8 Å². The molecule has 98 valence electrons. The van der Waals surface area contributed by atoms with Gasteiger partial charge in [0.2, 0.25) is 5.91 Å². The molecule has 0 aromatic heterocycles. The molecular weight excluding hydrogens is 236 g/mol. The molecule has 6 nitrogen and oxygen atoms in total. The first kappa shape index (κ1) is 14.1. The summed E-state index contributed by atoms with van der Waals surface area (Å²) in [5.41, 5.74) is 1.12. The van der Waals surface area contributed by atoms with Gasteiger partial charge in [0, 0.05) is 18.6 Å². The number of carbonyl (C=O) groups is 1. The number of anilines is 1. The minimum absolute atomic E-state index is 0.0635. The van der Waals surface area contributed by atoms with Gasteiger partial charge in [-0.1, -0.05) is 6.07 Å². The lowest BCUT2D eigenvalue weighted by molar-refractivity contribution is -0.384. The number of hydrogen-bond donors (Lipinski definition) is 2. The molecule has 1 aromatic carbocycles. The van der Waals surface area contributed by atoms with Gasteiger partial charge in [-0.15, -0.1) is 0 Å². The molecule has 0 saturated heterocycles. The first-order chi connectivity index (χ1) is 8.40. The molecule has 0 fully saturated rings. The van der Waals surface area contributed by atoms with Gasteiger partial charge in [-0.3, -0.25) is 14.9 Å². The first-order valence-corrected chi connectivity index (χ1v) is 5.63. The van der Waals surface area contributed by atoms with Crippen molar-refractivity contribution in [2.75, 3.05) is 5.32 Å². The van der Waals surface area contributed by atoms with E-state index in [1.807, 2.05) is 0 Å². The van der Waals surface area contributed by atoms with Crippen LogP contribution in [0.5, 0.6) is 0 Å². The van der Waals surface area contributed by atoms with Crippen LogP contribution >= 0.6 is 0 Å². The van der Waals surface area contributed by atoms with Crippen molar-refractivity contribution in [3.8, 4) is 0 Å². The Hall–Kier alpha value is -1.95. The van der Waals surface area contributed by atoms with Gasteiger partial charge < -0.3 is 10.4 Å². The molecular formula is C12H16N2O4. The fraction of sp³-hybridized carbons (Fsp3) is 0.417. The smallest absolute Gasteiger partial charge is 0.271 e. The second-order valence-electron chi connectivity index (χ2n) is 4.19. The summed E-state index contributed by atoms with van der Waals surface area (Å²) < 4.78 is 0. The van der Waals surface area contributed by atoms with E-state index in [2.05, 4.69) is 5.32 Å². The molecule has 0 heterocycles. The second kappa shape index (κ2) is 6.11. The number of aliphatic hydroxyl groups excluding tert-OH is 1. The van der Waals surface area contributed by atoms with Crippen LogP contribution in [-0.4, -0.2) is 22.0 Å². The van der Waals surface area contributed by atoms with Crippen LogP contribution < -0.4 is 5.32 Å². The van der Waals surface area contributed by atoms with Crippen LogP contribution in [-0.2, 0) is 4.79 Å². The number of hydrogen-bond acceptors (Lipinski definition) is 4. The summed E-state index contributed by atoms with van der Waals surface area (Å²) in [6.45, 7) is 3.36. The number of rotatable bonds is 5. The highest BCUT2D eigenvalue weighted by Gasteiger charge is 2.11. The normalized spacial score (nSPS) is 11.9. The molecule has 0 radical (unpaired) electrons. The molecule has 0 spiro atoms. The number of benzene rings is 1. The summed E-state index contributed by atoms with van der Waals surface area (Å²) in [5, 5.41) is 22.3. The van der Waals surface area contributed by atoms with Crippen molar-refractivity contribution < 1.29 is 14.8 Å².